The van der Waals surface area contributed by atoms with Crippen molar-refractivity contribution in [2.45, 2.75) is 193 Å². The van der Waals surface area contributed by atoms with Gasteiger partial charge < -0.3 is 23.1 Å². The van der Waals surface area contributed by atoms with Gasteiger partial charge in [-0.1, -0.05) is 91.5 Å². The van der Waals surface area contributed by atoms with Gasteiger partial charge in [-0.25, -0.2) is 0 Å². The Bertz CT molecular complexity index is 1110. The van der Waals surface area contributed by atoms with E-state index in [-0.39, 0.29) is 33.5 Å². The van der Waals surface area contributed by atoms with Crippen LogP contribution in [-0.2, 0) is 23.1 Å². The minimum atomic E-state index is -2.00. The maximum Gasteiger partial charge on any atom is 0.192 e. The summed E-state index contributed by atoms with van der Waals surface area (Å²) in [6.07, 6.45) is 17.3. The third-order valence-corrected chi connectivity index (χ3v) is 23.2. The molecule has 5 nitrogen and oxygen atoms in total. The topological polar surface area (TPSA) is 49.5 Å². The Morgan fingerprint density at radius 2 is 1.46 bits per heavy atom. The number of epoxide rings is 1. The number of allylic oxidation sites excluding steroid dienone is 3. The van der Waals surface area contributed by atoms with E-state index in [4.69, 9.17) is 23.1 Å². The molecule has 1 heterocycles. The molecule has 0 aromatic rings. The molecule has 0 amide bonds. The summed E-state index contributed by atoms with van der Waals surface area (Å²) in [5, 5.41) is 0.303. The monoisotopic (exact) mass is 705 g/mol. The Kier molecular flexibility index (Phi) is 12.3. The quantitative estimate of drug-likeness (QED) is 0.108. The maximum absolute atomic E-state index is 7.25. The van der Waals surface area contributed by atoms with E-state index >= 15 is 0 Å². The number of rotatable bonds is 13. The predicted octanol–water partition coefficient (Wildman–Crippen LogP) is 11.6. The Morgan fingerprint density at radius 1 is 0.896 bits per heavy atom. The second-order valence-corrected chi connectivity index (χ2v) is 29.7. The highest BCUT2D eigenvalue weighted by atomic mass is 28.4. The van der Waals surface area contributed by atoms with Gasteiger partial charge in [0.05, 0.1) is 24.4 Å². The normalized spacial score (nSPS) is 34.2. The number of methoxy groups -OCH3 is 1. The summed E-state index contributed by atoms with van der Waals surface area (Å²) in [4.78, 5) is 0. The molecule has 0 aromatic heterocycles. The molecular weight excluding hydrogens is 629 g/mol. The number of hydrogen-bond acceptors (Lipinski definition) is 5. The van der Waals surface area contributed by atoms with Crippen molar-refractivity contribution >= 4 is 16.6 Å². The first-order valence-electron chi connectivity index (χ1n) is 19.5. The molecule has 5 unspecified atom stereocenters. The minimum absolute atomic E-state index is 0.0600. The van der Waals surface area contributed by atoms with Gasteiger partial charge in [-0.05, 0) is 125 Å². The first-order chi connectivity index (χ1) is 22.0. The Hall–Kier alpha value is -0.286. The first-order valence-corrected chi connectivity index (χ1v) is 25.3. The van der Waals surface area contributed by atoms with Gasteiger partial charge in [0.1, 0.15) is 12.4 Å². The highest BCUT2D eigenvalue weighted by molar-refractivity contribution is 6.74. The predicted molar refractivity (Wildman–Crippen MR) is 206 cm³/mol. The fraction of sp³-hybridized carbons (Fsp3) is 0.902. The van der Waals surface area contributed by atoms with E-state index in [1.807, 2.05) is 0 Å². The van der Waals surface area contributed by atoms with Crippen LogP contribution in [0.1, 0.15) is 133 Å². The van der Waals surface area contributed by atoms with Crippen molar-refractivity contribution in [3.8, 4) is 0 Å². The molecule has 4 rings (SSSR count). The van der Waals surface area contributed by atoms with Gasteiger partial charge in [-0.15, -0.1) is 0 Å². The molecule has 4 aliphatic rings. The van der Waals surface area contributed by atoms with Crippen LogP contribution >= 0.6 is 0 Å². The number of hydrogen-bond donors (Lipinski definition) is 0. The molecule has 1 saturated heterocycles. The number of fused-ring (bicyclic) bond motifs is 1. The van der Waals surface area contributed by atoms with Crippen LogP contribution < -0.4 is 0 Å². The molecule has 3 saturated carbocycles. The second-order valence-electron chi connectivity index (χ2n) is 20.2. The molecule has 0 bridgehead atoms. The summed E-state index contributed by atoms with van der Waals surface area (Å²) in [5.74, 6) is 2.25. The van der Waals surface area contributed by atoms with Gasteiger partial charge in [0.15, 0.2) is 16.6 Å². The van der Waals surface area contributed by atoms with Crippen LogP contribution in [0.3, 0.4) is 0 Å². The van der Waals surface area contributed by atoms with E-state index in [1.54, 1.807) is 12.7 Å². The van der Waals surface area contributed by atoms with Crippen molar-refractivity contribution in [3.05, 3.63) is 23.3 Å². The van der Waals surface area contributed by atoms with E-state index in [2.05, 4.69) is 108 Å². The molecule has 48 heavy (non-hydrogen) atoms. The summed E-state index contributed by atoms with van der Waals surface area (Å²) in [6, 6.07) is 0. The molecule has 1 spiro atoms. The van der Waals surface area contributed by atoms with E-state index in [1.165, 1.54) is 50.5 Å². The Labute approximate surface area is 299 Å². The Balaban J connectivity index is 1.53. The summed E-state index contributed by atoms with van der Waals surface area (Å²) in [7, 11) is -2.30. The summed E-state index contributed by atoms with van der Waals surface area (Å²) in [6.45, 7) is 34.4. The zero-order chi connectivity index (χ0) is 36.0. The van der Waals surface area contributed by atoms with Crippen molar-refractivity contribution in [3.63, 3.8) is 0 Å². The van der Waals surface area contributed by atoms with E-state index in [9.17, 15) is 0 Å². The van der Waals surface area contributed by atoms with Crippen molar-refractivity contribution in [2.75, 3.05) is 20.5 Å². The number of ether oxygens (including phenoxy) is 3. The summed E-state index contributed by atoms with van der Waals surface area (Å²) in [5.41, 5.74) is 3.18. The van der Waals surface area contributed by atoms with E-state index in [0.29, 0.717) is 18.1 Å². The molecule has 1 aliphatic heterocycles. The largest absolute Gasteiger partial charge is 0.410 e. The average molecular weight is 705 g/mol. The minimum Gasteiger partial charge on any atom is -0.410 e. The molecule has 0 N–H and O–H groups in total. The van der Waals surface area contributed by atoms with Gasteiger partial charge in [0.25, 0.3) is 0 Å². The molecule has 0 radical (unpaired) electrons. The standard InChI is InChI=1S/C41H76O5Si2/c1-30(18-16-24-39(8,9)44-29-42-11)33-22-23-34-32(19-17-25-40(33,34)10)21-20-31-26-35(45-47(12,13)37(2,3)4)41(28-43-41)36(27-31)46-48(14,15)38(5,6)7/h20-21,30,33-36H,16-19,22-29H2,1-15H3/b31-20-,32-21+/t30-,33?,34?,35?,36-,40?,41?/m1/s1. The smallest absolute Gasteiger partial charge is 0.192 e. The lowest BCUT2D eigenvalue weighted by Gasteiger charge is -2.48. The van der Waals surface area contributed by atoms with Crippen LogP contribution in [0.5, 0.6) is 0 Å². The molecule has 4 fully saturated rings. The van der Waals surface area contributed by atoms with Gasteiger partial charge in [0, 0.05) is 7.11 Å². The van der Waals surface area contributed by atoms with Crippen molar-refractivity contribution < 1.29 is 23.1 Å². The summed E-state index contributed by atoms with van der Waals surface area (Å²) >= 11 is 0. The molecule has 278 valence electrons. The SMILES string of the molecule is COCOC(C)(C)CCC[C@@H](C)C1CCC2/C(=C/C=C3/CC(O[Si](C)(C)C(C)(C)C)C4(CO4)[C@H](O[Si](C)(C)C(C)(C)C)C3)CCCC21C. The lowest BCUT2D eigenvalue weighted by atomic mass is 9.60. The third-order valence-electron chi connectivity index (χ3n) is 14.2. The molecule has 7 atom stereocenters. The van der Waals surface area contributed by atoms with Crippen molar-refractivity contribution in [2.24, 2.45) is 23.2 Å². The maximum atomic E-state index is 7.25. The molecule has 0 aromatic carbocycles. The van der Waals surface area contributed by atoms with Gasteiger partial charge >= 0.3 is 0 Å². The van der Waals surface area contributed by atoms with Crippen LogP contribution in [0.25, 0.3) is 0 Å². The zero-order valence-electron chi connectivity index (χ0n) is 34.1. The molecule has 3 aliphatic carbocycles. The van der Waals surface area contributed by atoms with Crippen LogP contribution in [0.2, 0.25) is 36.3 Å². The second kappa shape index (κ2) is 14.6. The average Bonchev–Trinajstić information content (AvgIpc) is 3.66. The van der Waals surface area contributed by atoms with Crippen LogP contribution in [0.4, 0.5) is 0 Å². The molecular formula is C41H76O5Si2. The van der Waals surface area contributed by atoms with E-state index < -0.39 is 16.6 Å². The van der Waals surface area contributed by atoms with Crippen LogP contribution in [-0.4, -0.2) is 60.6 Å². The zero-order valence-corrected chi connectivity index (χ0v) is 36.1. The fourth-order valence-electron chi connectivity index (χ4n) is 8.83. The lowest BCUT2D eigenvalue weighted by molar-refractivity contribution is -0.118. The van der Waals surface area contributed by atoms with Crippen LogP contribution in [0.15, 0.2) is 23.3 Å². The van der Waals surface area contributed by atoms with Crippen molar-refractivity contribution in [1.82, 2.24) is 0 Å². The fourth-order valence-corrected chi connectivity index (χ4v) is 11.5. The first kappa shape index (κ1) is 40.5. The van der Waals surface area contributed by atoms with Crippen molar-refractivity contribution in [1.29, 1.82) is 0 Å². The highest BCUT2D eigenvalue weighted by Gasteiger charge is 2.63. The van der Waals surface area contributed by atoms with Gasteiger partial charge in [-0.2, -0.15) is 0 Å². The summed E-state index contributed by atoms with van der Waals surface area (Å²) < 4.78 is 32.0. The highest BCUT2D eigenvalue weighted by Crippen LogP contribution is 2.60. The lowest BCUT2D eigenvalue weighted by Crippen LogP contribution is -2.57. The van der Waals surface area contributed by atoms with Gasteiger partial charge in [0.2, 0.25) is 0 Å². The van der Waals surface area contributed by atoms with Gasteiger partial charge in [-0.3, -0.25) is 0 Å². The molecule has 7 heteroatoms. The Morgan fingerprint density at radius 3 is 1.96 bits per heavy atom. The third kappa shape index (κ3) is 8.83. The van der Waals surface area contributed by atoms with Crippen LogP contribution in [0, 0.1) is 23.2 Å². The van der Waals surface area contributed by atoms with E-state index in [0.717, 1.165) is 37.7 Å².